The second kappa shape index (κ2) is 8.47. The quantitative estimate of drug-likeness (QED) is 0.462. The Morgan fingerprint density at radius 1 is 1.19 bits per heavy atom. The normalized spacial score (nSPS) is 18.8. The molecule has 4 nitrogen and oxygen atoms in total. The number of halogens is 1. The third kappa shape index (κ3) is 4.25. The molecule has 0 radical (unpaired) electrons. The van der Waals surface area contributed by atoms with Gasteiger partial charge in [-0.05, 0) is 57.7 Å². The maximum absolute atomic E-state index is 12.0. The lowest BCUT2D eigenvalue weighted by atomic mass is 9.87. The molecule has 1 aromatic carbocycles. The first kappa shape index (κ1) is 20.8. The van der Waals surface area contributed by atoms with Gasteiger partial charge in [0.05, 0.1) is 11.0 Å². The summed E-state index contributed by atoms with van der Waals surface area (Å²) >= 11 is 3.21. The molecule has 1 heterocycles. The summed E-state index contributed by atoms with van der Waals surface area (Å²) in [7, 11) is 0. The van der Waals surface area contributed by atoms with Crippen LogP contribution in [0.25, 0.3) is 5.70 Å². The summed E-state index contributed by atoms with van der Waals surface area (Å²) in [5.74, 6) is 0.910. The number of nitrogens with one attached hydrogen (secondary N) is 1. The molecule has 1 aliphatic heterocycles. The summed E-state index contributed by atoms with van der Waals surface area (Å²) in [4.78, 5) is 12.0. The average molecular weight is 424 g/mol. The number of phenols is 1. The molecule has 1 amide bonds. The van der Waals surface area contributed by atoms with Crippen molar-refractivity contribution >= 4 is 27.5 Å². The monoisotopic (exact) mass is 423 g/mol. The Balaban J connectivity index is 2.48. The fourth-order valence-electron chi connectivity index (χ4n) is 3.51. The van der Waals surface area contributed by atoms with E-state index in [-0.39, 0.29) is 17.0 Å². The van der Waals surface area contributed by atoms with E-state index in [2.05, 4.69) is 35.1 Å². The molecule has 1 atom stereocenters. The van der Waals surface area contributed by atoms with Gasteiger partial charge < -0.3 is 15.2 Å². The fourth-order valence-corrected chi connectivity index (χ4v) is 3.65. The minimum absolute atomic E-state index is 0.116. The molecule has 144 valence electrons. The Morgan fingerprint density at radius 2 is 1.88 bits per heavy atom. The summed E-state index contributed by atoms with van der Waals surface area (Å²) < 4.78 is 6.44. The standard InChI is InChI=1S/C21H30BrNO3/c1-6-7-8-9-10-21(5)11-16(23-17(24)12-22)18-15(4)19(25)13(2)14(3)20(18)26-21/h11,25H,6-10,12H2,1-5H3,(H,23,24). The molecule has 1 unspecified atom stereocenters. The lowest BCUT2D eigenvalue weighted by Crippen LogP contribution is -2.37. The highest BCUT2D eigenvalue weighted by atomic mass is 79.9. The van der Waals surface area contributed by atoms with Gasteiger partial charge in [-0.3, -0.25) is 4.79 Å². The van der Waals surface area contributed by atoms with Crippen LogP contribution in [-0.4, -0.2) is 21.9 Å². The summed E-state index contributed by atoms with van der Waals surface area (Å²) in [5.41, 5.74) is 3.51. The van der Waals surface area contributed by atoms with Crippen molar-refractivity contribution in [2.45, 2.75) is 72.3 Å². The molecule has 1 aromatic rings. The van der Waals surface area contributed by atoms with Gasteiger partial charge in [0.15, 0.2) is 0 Å². The van der Waals surface area contributed by atoms with E-state index in [0.29, 0.717) is 0 Å². The van der Waals surface area contributed by atoms with E-state index < -0.39 is 5.60 Å². The van der Waals surface area contributed by atoms with Gasteiger partial charge in [-0.15, -0.1) is 0 Å². The molecule has 5 heteroatoms. The van der Waals surface area contributed by atoms with Crippen molar-refractivity contribution in [2.24, 2.45) is 0 Å². The average Bonchev–Trinajstić information content (AvgIpc) is 2.61. The van der Waals surface area contributed by atoms with Crippen molar-refractivity contribution in [1.82, 2.24) is 5.32 Å². The fraction of sp³-hybridized carbons (Fsp3) is 0.571. The lowest BCUT2D eigenvalue weighted by Gasteiger charge is -2.36. The number of carbonyl (C=O) groups excluding carboxylic acids is 1. The van der Waals surface area contributed by atoms with Gasteiger partial charge >= 0.3 is 0 Å². The van der Waals surface area contributed by atoms with Crippen LogP contribution in [0.5, 0.6) is 11.5 Å². The first-order valence-corrected chi connectivity index (χ1v) is 10.5. The number of hydrogen-bond acceptors (Lipinski definition) is 3. The SMILES string of the molecule is CCCCCCC1(C)C=C(NC(=O)CBr)c2c(C)c(O)c(C)c(C)c2O1. The number of unbranched alkanes of at least 4 members (excludes halogenated alkanes) is 3. The number of rotatable bonds is 7. The van der Waals surface area contributed by atoms with Crippen LogP contribution in [0.2, 0.25) is 0 Å². The van der Waals surface area contributed by atoms with Crippen LogP contribution in [0.15, 0.2) is 6.08 Å². The van der Waals surface area contributed by atoms with E-state index in [1.54, 1.807) is 0 Å². The second-order valence-corrected chi connectivity index (χ2v) is 7.95. The molecule has 0 fully saturated rings. The molecule has 1 aliphatic rings. The van der Waals surface area contributed by atoms with Crippen LogP contribution in [-0.2, 0) is 4.79 Å². The predicted octanol–water partition coefficient (Wildman–Crippen LogP) is 5.29. The van der Waals surface area contributed by atoms with Crippen LogP contribution >= 0.6 is 15.9 Å². The first-order valence-electron chi connectivity index (χ1n) is 9.34. The third-order valence-electron chi connectivity index (χ3n) is 5.19. The van der Waals surface area contributed by atoms with Gasteiger partial charge in [0, 0.05) is 11.1 Å². The minimum Gasteiger partial charge on any atom is -0.507 e. The largest absolute Gasteiger partial charge is 0.507 e. The molecule has 0 bridgehead atoms. The zero-order valence-corrected chi connectivity index (χ0v) is 18.0. The van der Waals surface area contributed by atoms with Crippen molar-refractivity contribution in [2.75, 3.05) is 5.33 Å². The first-order chi connectivity index (χ1) is 12.2. The number of phenolic OH excluding ortho intramolecular Hbond substituents is 1. The maximum Gasteiger partial charge on any atom is 0.235 e. The molecule has 0 saturated carbocycles. The van der Waals surface area contributed by atoms with E-state index in [0.717, 1.165) is 46.5 Å². The van der Waals surface area contributed by atoms with Crippen LogP contribution in [0.4, 0.5) is 0 Å². The minimum atomic E-state index is -0.476. The topological polar surface area (TPSA) is 58.6 Å². The number of carbonyl (C=O) groups is 1. The number of benzene rings is 1. The van der Waals surface area contributed by atoms with Crippen molar-refractivity contribution in [1.29, 1.82) is 0 Å². The summed E-state index contributed by atoms with van der Waals surface area (Å²) in [5, 5.41) is 13.7. The Morgan fingerprint density at radius 3 is 2.50 bits per heavy atom. The van der Waals surface area contributed by atoms with Crippen LogP contribution in [0, 0.1) is 20.8 Å². The number of aromatic hydroxyl groups is 1. The van der Waals surface area contributed by atoms with Crippen molar-refractivity contribution in [3.05, 3.63) is 28.3 Å². The molecule has 0 aromatic heterocycles. The van der Waals surface area contributed by atoms with Gasteiger partial charge in [0.1, 0.15) is 17.1 Å². The molecule has 0 spiro atoms. The third-order valence-corrected chi connectivity index (χ3v) is 5.70. The Kier molecular flexibility index (Phi) is 6.78. The molecule has 2 N–H and O–H groups in total. The Labute approximate surface area is 165 Å². The van der Waals surface area contributed by atoms with Gasteiger partial charge in [0.25, 0.3) is 0 Å². The highest BCUT2D eigenvalue weighted by molar-refractivity contribution is 9.09. The highest BCUT2D eigenvalue weighted by Gasteiger charge is 2.34. The summed E-state index contributed by atoms with van der Waals surface area (Å²) in [6, 6.07) is 0. The molecular weight excluding hydrogens is 394 g/mol. The van der Waals surface area contributed by atoms with Crippen LogP contribution in [0.1, 0.15) is 68.2 Å². The number of fused-ring (bicyclic) bond motifs is 1. The van der Waals surface area contributed by atoms with Gasteiger partial charge in [-0.2, -0.15) is 0 Å². The lowest BCUT2D eigenvalue weighted by molar-refractivity contribution is -0.117. The zero-order chi connectivity index (χ0) is 19.5. The number of ether oxygens (including phenoxy) is 1. The predicted molar refractivity (Wildman–Crippen MR) is 110 cm³/mol. The molecule has 0 aliphatic carbocycles. The van der Waals surface area contributed by atoms with E-state index in [4.69, 9.17) is 4.74 Å². The van der Waals surface area contributed by atoms with Gasteiger partial charge in [-0.1, -0.05) is 42.1 Å². The Bertz CT molecular complexity index is 727. The van der Waals surface area contributed by atoms with Gasteiger partial charge in [-0.25, -0.2) is 0 Å². The van der Waals surface area contributed by atoms with Gasteiger partial charge in [0.2, 0.25) is 5.91 Å². The van der Waals surface area contributed by atoms with Crippen LogP contribution in [0.3, 0.4) is 0 Å². The van der Waals surface area contributed by atoms with Crippen molar-refractivity contribution in [3.63, 3.8) is 0 Å². The van der Waals surface area contributed by atoms with Crippen molar-refractivity contribution in [3.8, 4) is 11.5 Å². The number of hydrogen-bond donors (Lipinski definition) is 2. The zero-order valence-electron chi connectivity index (χ0n) is 16.5. The van der Waals surface area contributed by atoms with Crippen LogP contribution < -0.4 is 10.1 Å². The van der Waals surface area contributed by atoms with Crippen molar-refractivity contribution < 1.29 is 14.6 Å². The molecular formula is C21H30BrNO3. The molecule has 26 heavy (non-hydrogen) atoms. The molecule has 2 rings (SSSR count). The summed E-state index contributed by atoms with van der Waals surface area (Å²) in [6.07, 6.45) is 7.55. The van der Waals surface area contributed by atoms with E-state index >= 15 is 0 Å². The smallest absolute Gasteiger partial charge is 0.235 e. The Hall–Kier alpha value is -1.49. The number of amides is 1. The molecule has 0 saturated heterocycles. The highest BCUT2D eigenvalue weighted by Crippen LogP contribution is 2.45. The second-order valence-electron chi connectivity index (χ2n) is 7.39. The van der Waals surface area contributed by atoms with E-state index in [1.165, 1.54) is 19.3 Å². The number of alkyl halides is 1. The van der Waals surface area contributed by atoms with E-state index in [9.17, 15) is 9.90 Å². The van der Waals surface area contributed by atoms with E-state index in [1.807, 2.05) is 26.8 Å². The summed E-state index contributed by atoms with van der Waals surface area (Å²) in [6.45, 7) is 9.99. The maximum atomic E-state index is 12.0.